The number of urea groups is 1. The zero-order valence-electron chi connectivity index (χ0n) is 15.6. The van der Waals surface area contributed by atoms with Crippen LogP contribution in [0, 0.1) is 12.3 Å². The van der Waals surface area contributed by atoms with Gasteiger partial charge in [-0.1, -0.05) is 18.2 Å². The smallest absolute Gasteiger partial charge is 0.324 e. The topological polar surface area (TPSA) is 82.7 Å². The van der Waals surface area contributed by atoms with Gasteiger partial charge in [0.25, 0.3) is 0 Å². The Balaban J connectivity index is 1.76. The summed E-state index contributed by atoms with van der Waals surface area (Å²) in [5, 5.41) is 7.46. The predicted octanol–water partition coefficient (Wildman–Crippen LogP) is 3.39. The molecule has 0 aromatic heterocycles. The molecule has 140 valence electrons. The molecule has 2 aromatic carbocycles. The third-order valence-electron chi connectivity index (χ3n) is 4.77. The van der Waals surface area contributed by atoms with E-state index in [0.717, 1.165) is 28.1 Å². The first-order valence-electron chi connectivity index (χ1n) is 8.80. The van der Waals surface area contributed by atoms with Crippen molar-refractivity contribution in [2.75, 3.05) is 25.1 Å². The number of anilines is 1. The number of nitrogens with two attached hydrogens (primary N) is 1. The van der Waals surface area contributed by atoms with Crippen LogP contribution in [0.5, 0.6) is 5.75 Å². The van der Waals surface area contributed by atoms with Crippen molar-refractivity contribution in [1.29, 1.82) is 5.41 Å². The molecule has 1 aliphatic rings. The van der Waals surface area contributed by atoms with Gasteiger partial charge in [-0.25, -0.2) is 4.79 Å². The number of benzene rings is 2. The first-order valence-corrected chi connectivity index (χ1v) is 8.80. The Bertz CT molecular complexity index is 892. The fourth-order valence-electron chi connectivity index (χ4n) is 3.32. The van der Waals surface area contributed by atoms with E-state index in [1.165, 1.54) is 12.4 Å². The number of nitrogens with one attached hydrogen (secondary N) is 1. The molecule has 6 nitrogen and oxygen atoms in total. The van der Waals surface area contributed by atoms with Crippen molar-refractivity contribution in [1.82, 2.24) is 4.90 Å². The average molecular weight is 364 g/mol. The molecule has 2 aromatic rings. The van der Waals surface area contributed by atoms with Gasteiger partial charge in [0.1, 0.15) is 5.75 Å². The number of carbonyl (C=O) groups is 1. The van der Waals surface area contributed by atoms with Gasteiger partial charge in [0.15, 0.2) is 0 Å². The summed E-state index contributed by atoms with van der Waals surface area (Å²) in [4.78, 5) is 16.5. The summed E-state index contributed by atoms with van der Waals surface area (Å²) >= 11 is 0. The summed E-state index contributed by atoms with van der Waals surface area (Å²) in [6.45, 7) is 3.83. The summed E-state index contributed by atoms with van der Waals surface area (Å²) in [5.74, 6) is 0.789. The molecule has 1 fully saturated rings. The fraction of sp³-hybridized carbons (Fsp3) is 0.238. The van der Waals surface area contributed by atoms with E-state index in [4.69, 9.17) is 15.9 Å². The number of aryl methyl sites for hydroxylation is 1. The third kappa shape index (κ3) is 3.79. The van der Waals surface area contributed by atoms with Crippen LogP contribution in [0.25, 0.3) is 5.57 Å². The maximum absolute atomic E-state index is 12.9. The number of hydrogen-bond acceptors (Lipinski definition) is 4. The zero-order valence-corrected chi connectivity index (χ0v) is 15.6. The summed E-state index contributed by atoms with van der Waals surface area (Å²) < 4.78 is 5.26. The van der Waals surface area contributed by atoms with Gasteiger partial charge in [-0.3, -0.25) is 4.90 Å². The second kappa shape index (κ2) is 7.95. The van der Waals surface area contributed by atoms with Gasteiger partial charge in [-0.15, -0.1) is 0 Å². The van der Waals surface area contributed by atoms with Crippen molar-refractivity contribution in [3.8, 4) is 5.75 Å². The Morgan fingerprint density at radius 2 is 2.07 bits per heavy atom. The van der Waals surface area contributed by atoms with Gasteiger partial charge in [0, 0.05) is 43.3 Å². The minimum Gasteiger partial charge on any atom is -0.497 e. The van der Waals surface area contributed by atoms with E-state index in [-0.39, 0.29) is 6.03 Å². The van der Waals surface area contributed by atoms with E-state index in [1.807, 2.05) is 54.3 Å². The maximum Gasteiger partial charge on any atom is 0.324 e. The SMILES string of the molecule is COc1cccc(CN2CCN(c3ccc(/C(C=N)=C/N)c(C)c3)C2=O)c1. The van der Waals surface area contributed by atoms with Crippen LogP contribution in [0.15, 0.2) is 48.7 Å². The third-order valence-corrected chi connectivity index (χ3v) is 4.77. The van der Waals surface area contributed by atoms with E-state index >= 15 is 0 Å². The first kappa shape index (κ1) is 18.5. The summed E-state index contributed by atoms with van der Waals surface area (Å²) in [5.41, 5.74) is 10.0. The molecule has 0 radical (unpaired) electrons. The van der Waals surface area contributed by atoms with Crippen molar-refractivity contribution in [2.45, 2.75) is 13.5 Å². The van der Waals surface area contributed by atoms with Crippen LogP contribution >= 0.6 is 0 Å². The molecule has 3 rings (SSSR count). The molecule has 0 unspecified atom stereocenters. The van der Waals surface area contributed by atoms with Crippen molar-refractivity contribution >= 4 is 23.5 Å². The molecule has 0 spiro atoms. The number of carbonyl (C=O) groups excluding carboxylic acids is 1. The van der Waals surface area contributed by atoms with Crippen LogP contribution in [-0.2, 0) is 6.54 Å². The Morgan fingerprint density at radius 1 is 1.26 bits per heavy atom. The number of allylic oxidation sites excluding steroid dienone is 1. The lowest BCUT2D eigenvalue weighted by atomic mass is 10.0. The summed E-state index contributed by atoms with van der Waals surface area (Å²) in [6.07, 6.45) is 2.66. The zero-order chi connectivity index (χ0) is 19.4. The van der Waals surface area contributed by atoms with Gasteiger partial charge in [-0.2, -0.15) is 0 Å². The standard InChI is InChI=1S/C21H24N4O2/c1-15-10-18(6-7-20(15)17(12-22)13-23)25-9-8-24(21(25)26)14-16-4-3-5-19(11-16)27-2/h3-7,10-13,22H,8-9,14,23H2,1-2H3/b17-13+,22-12?. The Morgan fingerprint density at radius 3 is 2.74 bits per heavy atom. The average Bonchev–Trinajstić information content (AvgIpc) is 3.04. The molecular formula is C21H24N4O2. The van der Waals surface area contributed by atoms with E-state index in [0.29, 0.717) is 25.2 Å². The van der Waals surface area contributed by atoms with Crippen LogP contribution in [0.1, 0.15) is 16.7 Å². The van der Waals surface area contributed by atoms with Gasteiger partial charge < -0.3 is 20.8 Å². The highest BCUT2D eigenvalue weighted by molar-refractivity contribution is 6.09. The molecule has 27 heavy (non-hydrogen) atoms. The summed E-state index contributed by atoms with van der Waals surface area (Å²) in [6, 6.07) is 13.5. The van der Waals surface area contributed by atoms with E-state index in [9.17, 15) is 4.79 Å². The lowest BCUT2D eigenvalue weighted by Gasteiger charge is -2.20. The monoisotopic (exact) mass is 364 g/mol. The van der Waals surface area contributed by atoms with Crippen molar-refractivity contribution in [2.24, 2.45) is 5.73 Å². The molecule has 0 bridgehead atoms. The van der Waals surface area contributed by atoms with Gasteiger partial charge in [0.2, 0.25) is 0 Å². The van der Waals surface area contributed by atoms with Crippen LogP contribution in [0.4, 0.5) is 10.5 Å². The van der Waals surface area contributed by atoms with Crippen LogP contribution in [0.3, 0.4) is 0 Å². The molecule has 2 amide bonds. The van der Waals surface area contributed by atoms with Gasteiger partial charge in [0.05, 0.1) is 7.11 Å². The lowest BCUT2D eigenvalue weighted by molar-refractivity contribution is 0.218. The molecule has 0 saturated carbocycles. The Hall–Kier alpha value is -3.28. The highest BCUT2D eigenvalue weighted by atomic mass is 16.5. The molecule has 1 heterocycles. The van der Waals surface area contributed by atoms with Gasteiger partial charge >= 0.3 is 6.03 Å². The molecule has 3 N–H and O–H groups in total. The highest BCUT2D eigenvalue weighted by Crippen LogP contribution is 2.27. The fourth-order valence-corrected chi connectivity index (χ4v) is 3.32. The highest BCUT2D eigenvalue weighted by Gasteiger charge is 2.29. The molecule has 0 atom stereocenters. The number of hydrogen-bond donors (Lipinski definition) is 2. The Kier molecular flexibility index (Phi) is 5.45. The Labute approximate surface area is 159 Å². The number of nitrogens with zero attached hydrogens (tertiary/aromatic N) is 2. The molecule has 0 aliphatic carbocycles. The number of amides is 2. The lowest BCUT2D eigenvalue weighted by Crippen LogP contribution is -2.31. The van der Waals surface area contributed by atoms with Crippen molar-refractivity contribution in [3.63, 3.8) is 0 Å². The minimum atomic E-state index is -0.00776. The van der Waals surface area contributed by atoms with E-state index in [2.05, 4.69) is 0 Å². The van der Waals surface area contributed by atoms with E-state index in [1.54, 1.807) is 12.0 Å². The van der Waals surface area contributed by atoms with Crippen molar-refractivity contribution in [3.05, 3.63) is 65.4 Å². The second-order valence-electron chi connectivity index (χ2n) is 6.47. The normalized spacial score (nSPS) is 14.6. The number of rotatable bonds is 6. The number of methoxy groups -OCH3 is 1. The van der Waals surface area contributed by atoms with E-state index < -0.39 is 0 Å². The van der Waals surface area contributed by atoms with Crippen molar-refractivity contribution < 1.29 is 9.53 Å². The number of ether oxygens (including phenoxy) is 1. The van der Waals surface area contributed by atoms with Crippen LogP contribution in [-0.4, -0.2) is 37.3 Å². The summed E-state index contributed by atoms with van der Waals surface area (Å²) in [7, 11) is 1.64. The minimum absolute atomic E-state index is 0.00776. The molecule has 1 saturated heterocycles. The quantitative estimate of drug-likeness (QED) is 0.771. The second-order valence-corrected chi connectivity index (χ2v) is 6.47. The maximum atomic E-state index is 12.9. The first-order chi connectivity index (χ1) is 13.1. The van der Waals surface area contributed by atoms with Crippen LogP contribution < -0.4 is 15.4 Å². The predicted molar refractivity (Wildman–Crippen MR) is 108 cm³/mol. The molecule has 1 aliphatic heterocycles. The largest absolute Gasteiger partial charge is 0.497 e. The van der Waals surface area contributed by atoms with Crippen LogP contribution in [0.2, 0.25) is 0 Å². The molecule has 6 heteroatoms. The van der Waals surface area contributed by atoms with Gasteiger partial charge in [-0.05, 0) is 47.9 Å². The molecular weight excluding hydrogens is 340 g/mol.